The molecule has 31 heavy (non-hydrogen) atoms. The van der Waals surface area contributed by atoms with Gasteiger partial charge in [-0.3, -0.25) is 14.7 Å². The van der Waals surface area contributed by atoms with Gasteiger partial charge in [-0.2, -0.15) is 0 Å². The number of likely N-dealkylation sites (N-methyl/N-ethyl adjacent to an activating group) is 2. The zero-order valence-electron chi connectivity index (χ0n) is 18.2. The largest absolute Gasteiger partial charge is 0.314 e. The Kier molecular flexibility index (Phi) is 6.61. The highest BCUT2D eigenvalue weighted by Crippen LogP contribution is 2.33. The van der Waals surface area contributed by atoms with E-state index in [2.05, 4.69) is 77.7 Å². The van der Waals surface area contributed by atoms with E-state index in [1.54, 1.807) is 35.9 Å². The molecule has 5 nitrogen and oxygen atoms in total. The van der Waals surface area contributed by atoms with Crippen LogP contribution in [-0.2, 0) is 0 Å². The predicted octanol–water partition coefficient (Wildman–Crippen LogP) is 4.71. The normalized spacial score (nSPS) is 16.9. The van der Waals surface area contributed by atoms with Crippen molar-refractivity contribution in [2.45, 2.75) is 12.5 Å². The summed E-state index contributed by atoms with van der Waals surface area (Å²) in [5.41, 5.74) is 4.43. The van der Waals surface area contributed by atoms with Gasteiger partial charge in [0.25, 0.3) is 5.91 Å². The summed E-state index contributed by atoms with van der Waals surface area (Å²) in [6.07, 6.45) is 6.72. The van der Waals surface area contributed by atoms with Gasteiger partial charge in [0.15, 0.2) is 0 Å². The molecule has 3 aromatic rings. The molecule has 1 amide bonds. The third-order valence-electron chi connectivity index (χ3n) is 5.55. The minimum atomic E-state index is -0.140. The van der Waals surface area contributed by atoms with Crippen molar-refractivity contribution in [3.8, 4) is 10.4 Å². The molecule has 0 saturated carbocycles. The van der Waals surface area contributed by atoms with Gasteiger partial charge in [-0.1, -0.05) is 30.3 Å². The lowest BCUT2D eigenvalue weighted by Crippen LogP contribution is -2.41. The van der Waals surface area contributed by atoms with Crippen molar-refractivity contribution in [2.75, 3.05) is 39.5 Å². The number of nitrogens with zero attached hydrogens (tertiary/aromatic N) is 3. The van der Waals surface area contributed by atoms with Crippen LogP contribution in [0.5, 0.6) is 0 Å². The van der Waals surface area contributed by atoms with Gasteiger partial charge >= 0.3 is 0 Å². The molecule has 6 heteroatoms. The maximum atomic E-state index is 12.3. The average molecular weight is 433 g/mol. The monoisotopic (exact) mass is 432 g/mol. The number of amides is 1. The number of nitrogens with one attached hydrogen (secondary N) is 1. The molecule has 4 rings (SSSR count). The number of aromatic nitrogens is 1. The van der Waals surface area contributed by atoms with E-state index in [1.165, 1.54) is 11.1 Å². The molecule has 0 bridgehead atoms. The zero-order valence-corrected chi connectivity index (χ0v) is 19.0. The van der Waals surface area contributed by atoms with Gasteiger partial charge in [-0.15, -0.1) is 11.3 Å². The SMILES string of the molecule is CN(C)CC1C=C(c2ccc(-c3ccc(NC(=O)c4cccnc4)s3)cc2)CCN1C. The highest BCUT2D eigenvalue weighted by atomic mass is 32.1. The Morgan fingerprint density at radius 1 is 1.16 bits per heavy atom. The van der Waals surface area contributed by atoms with E-state index in [0.717, 1.165) is 35.0 Å². The molecule has 1 aromatic carbocycles. The van der Waals surface area contributed by atoms with Crippen LogP contribution >= 0.6 is 11.3 Å². The second kappa shape index (κ2) is 9.56. The van der Waals surface area contributed by atoms with Crippen LogP contribution in [0.2, 0.25) is 0 Å². The third kappa shape index (κ3) is 5.28. The summed E-state index contributed by atoms with van der Waals surface area (Å²) in [6, 6.07) is 16.8. The Bertz CT molecular complexity index is 1060. The van der Waals surface area contributed by atoms with E-state index >= 15 is 0 Å². The summed E-state index contributed by atoms with van der Waals surface area (Å²) in [5, 5.41) is 3.79. The average Bonchev–Trinajstić information content (AvgIpc) is 3.24. The summed E-state index contributed by atoms with van der Waals surface area (Å²) in [5.74, 6) is -0.140. The lowest BCUT2D eigenvalue weighted by Gasteiger charge is -2.33. The number of thiophene rings is 1. The van der Waals surface area contributed by atoms with Gasteiger partial charge < -0.3 is 10.2 Å². The summed E-state index contributed by atoms with van der Waals surface area (Å²) < 4.78 is 0. The fraction of sp³-hybridized carbons (Fsp3) is 0.280. The number of carbonyl (C=O) groups excluding carboxylic acids is 1. The number of carbonyl (C=O) groups is 1. The zero-order chi connectivity index (χ0) is 21.8. The Morgan fingerprint density at radius 2 is 1.94 bits per heavy atom. The molecule has 0 radical (unpaired) electrons. The van der Waals surface area contributed by atoms with E-state index in [4.69, 9.17) is 0 Å². The maximum absolute atomic E-state index is 12.3. The minimum Gasteiger partial charge on any atom is -0.314 e. The third-order valence-corrected chi connectivity index (χ3v) is 6.60. The van der Waals surface area contributed by atoms with Gasteiger partial charge in [0, 0.05) is 36.4 Å². The Labute approximate surface area is 188 Å². The standard InChI is InChI=1S/C25H28N4OS/c1-28(2)17-22-15-20(12-14-29(22)3)18-6-8-19(9-7-18)23-10-11-24(31-23)27-25(30)21-5-4-13-26-16-21/h4-11,13,15-16,22H,12,14,17H2,1-3H3,(H,27,30). The Morgan fingerprint density at radius 3 is 2.65 bits per heavy atom. The first kappa shape index (κ1) is 21.4. The fourth-order valence-corrected chi connectivity index (χ4v) is 4.71. The van der Waals surface area contributed by atoms with Gasteiger partial charge in [-0.05, 0) is 68.5 Å². The molecule has 3 heterocycles. The first-order chi connectivity index (χ1) is 15.0. The van der Waals surface area contributed by atoms with Crippen molar-refractivity contribution in [2.24, 2.45) is 0 Å². The molecule has 1 aliphatic heterocycles. The number of pyridine rings is 1. The number of rotatable bonds is 6. The van der Waals surface area contributed by atoms with E-state index in [9.17, 15) is 4.79 Å². The van der Waals surface area contributed by atoms with E-state index in [0.29, 0.717) is 11.6 Å². The molecule has 0 saturated heterocycles. The van der Waals surface area contributed by atoms with Crippen LogP contribution in [0.3, 0.4) is 0 Å². The van der Waals surface area contributed by atoms with Crippen molar-refractivity contribution in [3.63, 3.8) is 0 Å². The minimum absolute atomic E-state index is 0.140. The van der Waals surface area contributed by atoms with E-state index < -0.39 is 0 Å². The van der Waals surface area contributed by atoms with Crippen LogP contribution in [0.15, 0.2) is 67.0 Å². The quantitative estimate of drug-likeness (QED) is 0.613. The van der Waals surface area contributed by atoms with Crippen LogP contribution in [0.25, 0.3) is 16.0 Å². The van der Waals surface area contributed by atoms with Crippen LogP contribution in [-0.4, -0.2) is 61.0 Å². The van der Waals surface area contributed by atoms with E-state index in [1.807, 2.05) is 6.07 Å². The molecule has 2 aromatic heterocycles. The molecule has 0 fully saturated rings. The molecule has 1 unspecified atom stereocenters. The van der Waals surface area contributed by atoms with Crippen molar-refractivity contribution >= 4 is 27.8 Å². The molecule has 1 atom stereocenters. The molecular formula is C25H28N4OS. The van der Waals surface area contributed by atoms with Crippen LogP contribution in [0.1, 0.15) is 22.3 Å². The van der Waals surface area contributed by atoms with Crippen LogP contribution in [0, 0.1) is 0 Å². The highest BCUT2D eigenvalue weighted by Gasteiger charge is 2.20. The van der Waals surface area contributed by atoms with Crippen molar-refractivity contribution in [1.82, 2.24) is 14.8 Å². The summed E-state index contributed by atoms with van der Waals surface area (Å²) in [4.78, 5) is 22.1. The van der Waals surface area contributed by atoms with Crippen LogP contribution < -0.4 is 5.32 Å². The molecule has 160 valence electrons. The van der Waals surface area contributed by atoms with Gasteiger partial charge in [-0.25, -0.2) is 0 Å². The maximum Gasteiger partial charge on any atom is 0.257 e. The number of anilines is 1. The molecular weight excluding hydrogens is 404 g/mol. The first-order valence-electron chi connectivity index (χ1n) is 10.5. The molecule has 1 N–H and O–H groups in total. The van der Waals surface area contributed by atoms with Gasteiger partial charge in [0.1, 0.15) is 0 Å². The number of hydrogen-bond donors (Lipinski definition) is 1. The van der Waals surface area contributed by atoms with Crippen LogP contribution in [0.4, 0.5) is 5.00 Å². The fourth-order valence-electron chi connectivity index (χ4n) is 3.80. The second-order valence-electron chi connectivity index (χ2n) is 8.19. The molecule has 1 aliphatic rings. The smallest absolute Gasteiger partial charge is 0.257 e. The lowest BCUT2D eigenvalue weighted by molar-refractivity contribution is 0.102. The summed E-state index contributed by atoms with van der Waals surface area (Å²) in [6.45, 7) is 2.11. The number of hydrogen-bond acceptors (Lipinski definition) is 5. The highest BCUT2D eigenvalue weighted by molar-refractivity contribution is 7.19. The Hall–Kier alpha value is -2.80. The summed E-state index contributed by atoms with van der Waals surface area (Å²) in [7, 11) is 6.45. The predicted molar refractivity (Wildman–Crippen MR) is 130 cm³/mol. The topological polar surface area (TPSA) is 48.5 Å². The van der Waals surface area contributed by atoms with Crippen molar-refractivity contribution in [3.05, 3.63) is 78.1 Å². The Balaban J connectivity index is 1.46. The number of benzene rings is 1. The first-order valence-corrected chi connectivity index (χ1v) is 11.3. The van der Waals surface area contributed by atoms with Gasteiger partial charge in [0.2, 0.25) is 0 Å². The second-order valence-corrected chi connectivity index (χ2v) is 9.27. The summed E-state index contributed by atoms with van der Waals surface area (Å²) >= 11 is 1.58. The molecule has 0 spiro atoms. The van der Waals surface area contributed by atoms with Gasteiger partial charge in [0.05, 0.1) is 10.6 Å². The van der Waals surface area contributed by atoms with E-state index in [-0.39, 0.29) is 5.91 Å². The lowest BCUT2D eigenvalue weighted by atomic mass is 9.95. The van der Waals surface area contributed by atoms with Crippen molar-refractivity contribution in [1.29, 1.82) is 0 Å². The molecule has 0 aliphatic carbocycles. The van der Waals surface area contributed by atoms with Crippen molar-refractivity contribution < 1.29 is 4.79 Å².